The van der Waals surface area contributed by atoms with Crippen LogP contribution in [0.5, 0.6) is 5.75 Å². The highest BCUT2D eigenvalue weighted by Gasteiger charge is 2.22. The molecule has 0 fully saturated rings. The van der Waals surface area contributed by atoms with E-state index in [4.69, 9.17) is 11.6 Å². The molecular formula is C19H17ClN2O2. The lowest BCUT2D eigenvalue weighted by Crippen LogP contribution is -2.28. The third kappa shape index (κ3) is 3.05. The van der Waals surface area contributed by atoms with Crippen molar-refractivity contribution in [2.24, 2.45) is 0 Å². The Bertz CT molecular complexity index is 881. The Labute approximate surface area is 145 Å². The van der Waals surface area contributed by atoms with Crippen LogP contribution in [0.1, 0.15) is 30.5 Å². The first-order valence-electron chi connectivity index (χ1n) is 7.72. The number of hydrogen-bond acceptors (Lipinski definition) is 3. The van der Waals surface area contributed by atoms with Crippen molar-refractivity contribution >= 4 is 28.4 Å². The van der Waals surface area contributed by atoms with E-state index in [0.29, 0.717) is 27.9 Å². The second kappa shape index (κ2) is 6.89. The van der Waals surface area contributed by atoms with Crippen LogP contribution in [0.25, 0.3) is 10.9 Å². The molecule has 1 aromatic heterocycles. The van der Waals surface area contributed by atoms with Crippen molar-refractivity contribution in [3.8, 4) is 5.75 Å². The highest BCUT2D eigenvalue weighted by molar-refractivity contribution is 6.35. The Morgan fingerprint density at radius 3 is 2.71 bits per heavy atom. The van der Waals surface area contributed by atoms with E-state index in [1.165, 1.54) is 0 Å². The van der Waals surface area contributed by atoms with Gasteiger partial charge in [-0.2, -0.15) is 0 Å². The van der Waals surface area contributed by atoms with Gasteiger partial charge < -0.3 is 10.4 Å². The minimum absolute atomic E-state index is 0.0280. The maximum Gasteiger partial charge on any atom is 0.220 e. The summed E-state index contributed by atoms with van der Waals surface area (Å²) in [4.78, 5) is 16.2. The van der Waals surface area contributed by atoms with Crippen LogP contribution >= 0.6 is 11.6 Å². The largest absolute Gasteiger partial charge is 0.505 e. The van der Waals surface area contributed by atoms with Crippen molar-refractivity contribution < 1.29 is 9.90 Å². The van der Waals surface area contributed by atoms with Crippen molar-refractivity contribution in [1.29, 1.82) is 0 Å². The number of halogens is 1. The molecule has 2 N–H and O–H groups in total. The molecule has 2 aromatic carbocycles. The highest BCUT2D eigenvalue weighted by atomic mass is 35.5. The van der Waals surface area contributed by atoms with Crippen molar-refractivity contribution in [1.82, 2.24) is 10.3 Å². The first kappa shape index (κ1) is 16.3. The van der Waals surface area contributed by atoms with Crippen molar-refractivity contribution in [3.05, 3.63) is 70.9 Å². The molecule has 4 nitrogen and oxygen atoms in total. The summed E-state index contributed by atoms with van der Waals surface area (Å²) in [5.41, 5.74) is 1.81. The first-order valence-corrected chi connectivity index (χ1v) is 8.10. The van der Waals surface area contributed by atoms with E-state index in [9.17, 15) is 9.90 Å². The number of phenolic OH excluding ortho intramolecular Hbond substituents is 1. The number of carbonyl (C=O) groups excluding carboxylic acids is 1. The molecule has 3 aromatic rings. The van der Waals surface area contributed by atoms with E-state index in [1.807, 2.05) is 30.3 Å². The monoisotopic (exact) mass is 340 g/mol. The molecule has 5 heteroatoms. The number of phenols is 1. The Hall–Kier alpha value is -2.59. The lowest BCUT2D eigenvalue weighted by Gasteiger charge is -2.21. The molecule has 0 aliphatic rings. The molecule has 0 aliphatic heterocycles. The summed E-state index contributed by atoms with van der Waals surface area (Å²) in [7, 11) is 0. The van der Waals surface area contributed by atoms with Gasteiger partial charge in [-0.25, -0.2) is 0 Å². The number of nitrogens with one attached hydrogen (secondary N) is 1. The number of fused-ring (bicyclic) bond motifs is 1. The molecule has 0 spiro atoms. The second-order valence-corrected chi connectivity index (χ2v) is 5.87. The number of amides is 1. The molecule has 0 bridgehead atoms. The normalized spacial score (nSPS) is 12.1. The van der Waals surface area contributed by atoms with Gasteiger partial charge in [0.25, 0.3) is 0 Å². The quantitative estimate of drug-likeness (QED) is 0.747. The number of rotatable bonds is 4. The van der Waals surface area contributed by atoms with Crippen LogP contribution in [0.15, 0.2) is 54.7 Å². The van der Waals surface area contributed by atoms with Crippen LogP contribution < -0.4 is 5.32 Å². The summed E-state index contributed by atoms with van der Waals surface area (Å²) < 4.78 is 0. The van der Waals surface area contributed by atoms with Gasteiger partial charge in [0, 0.05) is 23.6 Å². The number of carbonyl (C=O) groups is 1. The smallest absolute Gasteiger partial charge is 0.220 e. The van der Waals surface area contributed by atoms with Gasteiger partial charge in [0.1, 0.15) is 11.3 Å². The number of aromatic nitrogens is 1. The standard InChI is InChI=1S/C19H17ClN2O2/c1-2-16(23)22-17(12-7-4-3-5-8-12)14-11-15(20)13-9-6-10-21-18(13)19(14)24/h3-11,17,24H,2H2,1H3,(H,22,23). The van der Waals surface area contributed by atoms with Crippen molar-refractivity contribution in [2.45, 2.75) is 19.4 Å². The molecule has 0 saturated carbocycles. The minimum Gasteiger partial charge on any atom is -0.505 e. The first-order chi connectivity index (χ1) is 11.6. The lowest BCUT2D eigenvalue weighted by molar-refractivity contribution is -0.121. The Balaban J connectivity index is 2.19. The predicted molar refractivity (Wildman–Crippen MR) is 95.1 cm³/mol. The zero-order chi connectivity index (χ0) is 17.1. The minimum atomic E-state index is -0.498. The zero-order valence-corrected chi connectivity index (χ0v) is 13.9. The fraction of sp³-hybridized carbons (Fsp3) is 0.158. The second-order valence-electron chi connectivity index (χ2n) is 5.46. The van der Waals surface area contributed by atoms with E-state index in [0.717, 1.165) is 5.56 Å². The average Bonchev–Trinajstić information content (AvgIpc) is 2.63. The molecule has 0 aliphatic carbocycles. The Morgan fingerprint density at radius 1 is 1.25 bits per heavy atom. The number of pyridine rings is 1. The highest BCUT2D eigenvalue weighted by Crippen LogP contribution is 2.38. The Kier molecular flexibility index (Phi) is 4.67. The average molecular weight is 341 g/mol. The third-order valence-electron chi connectivity index (χ3n) is 3.92. The van der Waals surface area contributed by atoms with Crippen molar-refractivity contribution in [2.75, 3.05) is 0 Å². The van der Waals surface area contributed by atoms with Crippen LogP contribution in [0, 0.1) is 0 Å². The van der Waals surface area contributed by atoms with Crippen molar-refractivity contribution in [3.63, 3.8) is 0 Å². The third-order valence-corrected chi connectivity index (χ3v) is 4.23. The number of aromatic hydroxyl groups is 1. The van der Waals surface area contributed by atoms with E-state index in [-0.39, 0.29) is 11.7 Å². The summed E-state index contributed by atoms with van der Waals surface area (Å²) in [6, 6.07) is 14.2. The lowest BCUT2D eigenvalue weighted by atomic mass is 9.96. The van der Waals surface area contributed by atoms with Crippen LogP contribution in [0.3, 0.4) is 0 Å². The molecular weight excluding hydrogens is 324 g/mol. The molecule has 24 heavy (non-hydrogen) atoms. The number of benzene rings is 2. The van der Waals surface area contributed by atoms with Gasteiger partial charge in [0.05, 0.1) is 11.1 Å². The molecule has 3 rings (SSSR count). The summed E-state index contributed by atoms with van der Waals surface area (Å²) in [6.45, 7) is 1.78. The molecule has 122 valence electrons. The molecule has 1 unspecified atom stereocenters. The summed E-state index contributed by atoms with van der Waals surface area (Å²) in [5.74, 6) is -0.0826. The molecule has 1 heterocycles. The molecule has 1 atom stereocenters. The zero-order valence-electron chi connectivity index (χ0n) is 13.2. The fourth-order valence-electron chi connectivity index (χ4n) is 2.68. The van der Waals surface area contributed by atoms with Gasteiger partial charge in [-0.1, -0.05) is 48.9 Å². The predicted octanol–water partition coefficient (Wildman–Crippen LogP) is 4.21. The van der Waals surface area contributed by atoms with E-state index in [2.05, 4.69) is 10.3 Å². The molecule has 0 saturated heterocycles. The summed E-state index contributed by atoms with van der Waals surface area (Å²) in [6.07, 6.45) is 1.95. The van der Waals surface area contributed by atoms with Crippen LogP contribution in [0.2, 0.25) is 5.02 Å². The summed E-state index contributed by atoms with van der Waals surface area (Å²) >= 11 is 6.37. The van der Waals surface area contributed by atoms with Gasteiger partial charge >= 0.3 is 0 Å². The molecule has 0 radical (unpaired) electrons. The maximum absolute atomic E-state index is 12.0. The summed E-state index contributed by atoms with van der Waals surface area (Å²) in [5, 5.41) is 14.8. The van der Waals surface area contributed by atoms with Crippen LogP contribution in [0.4, 0.5) is 0 Å². The van der Waals surface area contributed by atoms with Gasteiger partial charge in [-0.05, 0) is 23.8 Å². The molecule has 1 amide bonds. The topological polar surface area (TPSA) is 62.2 Å². The van der Waals surface area contributed by atoms with E-state index in [1.54, 1.807) is 31.3 Å². The SMILES string of the molecule is CCC(=O)NC(c1ccccc1)c1cc(Cl)c2cccnc2c1O. The fourth-order valence-corrected chi connectivity index (χ4v) is 2.95. The Morgan fingerprint density at radius 2 is 2.00 bits per heavy atom. The van der Waals surface area contributed by atoms with Crippen LogP contribution in [-0.4, -0.2) is 16.0 Å². The van der Waals surface area contributed by atoms with Crippen LogP contribution in [-0.2, 0) is 4.79 Å². The van der Waals surface area contributed by atoms with Gasteiger partial charge in [0.15, 0.2) is 0 Å². The van der Waals surface area contributed by atoms with Gasteiger partial charge in [0.2, 0.25) is 5.91 Å². The number of hydrogen-bond donors (Lipinski definition) is 2. The van der Waals surface area contributed by atoms with Gasteiger partial charge in [-0.3, -0.25) is 9.78 Å². The number of nitrogens with zero attached hydrogens (tertiary/aromatic N) is 1. The van der Waals surface area contributed by atoms with E-state index >= 15 is 0 Å². The maximum atomic E-state index is 12.0. The van der Waals surface area contributed by atoms with E-state index < -0.39 is 6.04 Å². The van der Waals surface area contributed by atoms with Gasteiger partial charge in [-0.15, -0.1) is 0 Å².